The van der Waals surface area contributed by atoms with Gasteiger partial charge in [-0.1, -0.05) is 26.0 Å². The lowest BCUT2D eigenvalue weighted by molar-refractivity contribution is -0.660. The van der Waals surface area contributed by atoms with Gasteiger partial charge in [-0.3, -0.25) is 4.98 Å². The Hall–Kier alpha value is -2.68. The van der Waals surface area contributed by atoms with E-state index in [9.17, 15) is 0 Å². The van der Waals surface area contributed by atoms with Crippen molar-refractivity contribution in [1.29, 1.82) is 0 Å². The second-order valence-electron chi connectivity index (χ2n) is 6.72. The average Bonchev–Trinajstić information content (AvgIpc) is 2.94. The summed E-state index contributed by atoms with van der Waals surface area (Å²) in [5.74, 6) is 0.490. The molecule has 0 unspecified atom stereocenters. The molecule has 0 fully saturated rings. The Morgan fingerprint density at radius 3 is 2.71 bits per heavy atom. The maximum Gasteiger partial charge on any atom is 0.216 e. The van der Waals surface area contributed by atoms with E-state index in [1.165, 1.54) is 16.8 Å². The second kappa shape index (κ2) is 5.45. The molecule has 3 heteroatoms. The van der Waals surface area contributed by atoms with Crippen LogP contribution >= 0.6 is 0 Å². The first-order chi connectivity index (χ1) is 11.6. The van der Waals surface area contributed by atoms with Crippen molar-refractivity contribution in [2.24, 2.45) is 7.05 Å². The quantitative estimate of drug-likeness (QED) is 0.492. The van der Waals surface area contributed by atoms with E-state index in [4.69, 9.17) is 4.42 Å². The lowest BCUT2D eigenvalue weighted by atomic mass is 9.97. The number of rotatable bonds is 2. The number of aromatic nitrogens is 2. The summed E-state index contributed by atoms with van der Waals surface area (Å²) in [6.45, 7) is 6.58. The smallest absolute Gasteiger partial charge is 0.216 e. The van der Waals surface area contributed by atoms with Crippen LogP contribution in [0.4, 0.5) is 0 Å². The van der Waals surface area contributed by atoms with Crippen LogP contribution < -0.4 is 4.57 Å². The van der Waals surface area contributed by atoms with Crippen LogP contribution in [0.2, 0.25) is 0 Å². The van der Waals surface area contributed by atoms with Crippen molar-refractivity contribution in [3.05, 3.63) is 60.0 Å². The van der Waals surface area contributed by atoms with Gasteiger partial charge in [-0.05, 0) is 30.0 Å². The van der Waals surface area contributed by atoms with E-state index in [0.717, 1.165) is 27.5 Å². The maximum atomic E-state index is 6.20. The van der Waals surface area contributed by atoms with Gasteiger partial charge in [-0.25, -0.2) is 4.57 Å². The van der Waals surface area contributed by atoms with Gasteiger partial charge in [0.2, 0.25) is 5.69 Å². The van der Waals surface area contributed by atoms with E-state index in [1.807, 2.05) is 12.3 Å². The molecule has 0 N–H and O–H groups in total. The van der Waals surface area contributed by atoms with E-state index in [2.05, 4.69) is 67.8 Å². The molecule has 0 spiro atoms. The van der Waals surface area contributed by atoms with Crippen LogP contribution in [-0.2, 0) is 7.05 Å². The highest BCUT2D eigenvalue weighted by atomic mass is 16.3. The van der Waals surface area contributed by atoms with E-state index < -0.39 is 0 Å². The first kappa shape index (κ1) is 14.9. The van der Waals surface area contributed by atoms with Gasteiger partial charge in [0, 0.05) is 29.1 Å². The molecule has 4 aromatic rings. The van der Waals surface area contributed by atoms with Crippen LogP contribution in [0, 0.1) is 6.92 Å². The highest BCUT2D eigenvalue weighted by Crippen LogP contribution is 2.36. The number of fused-ring (bicyclic) bond motifs is 3. The predicted molar refractivity (Wildman–Crippen MR) is 97.0 cm³/mol. The molecule has 0 aliphatic heterocycles. The number of pyridine rings is 2. The molecule has 0 saturated heterocycles. The number of hydrogen-bond acceptors (Lipinski definition) is 2. The molecular formula is C21H21N2O+. The summed E-state index contributed by atoms with van der Waals surface area (Å²) in [7, 11) is 2.09. The molecule has 24 heavy (non-hydrogen) atoms. The fraction of sp³-hybridized carbons (Fsp3) is 0.238. The summed E-state index contributed by atoms with van der Waals surface area (Å²) in [5.41, 5.74) is 6.66. The minimum absolute atomic E-state index is 0.490. The van der Waals surface area contributed by atoms with Gasteiger partial charge in [0.1, 0.15) is 12.6 Å². The summed E-state index contributed by atoms with van der Waals surface area (Å²) in [5, 5.41) is 2.26. The molecule has 0 aliphatic rings. The summed E-state index contributed by atoms with van der Waals surface area (Å²) < 4.78 is 8.36. The van der Waals surface area contributed by atoms with Crippen molar-refractivity contribution in [1.82, 2.24) is 4.98 Å². The monoisotopic (exact) mass is 317 g/mol. The number of aryl methyl sites for hydroxylation is 2. The van der Waals surface area contributed by atoms with Gasteiger partial charge in [-0.2, -0.15) is 0 Å². The third kappa shape index (κ3) is 2.20. The number of furan rings is 1. The molecule has 4 rings (SSSR count). The fourth-order valence-corrected chi connectivity index (χ4v) is 3.30. The van der Waals surface area contributed by atoms with Crippen LogP contribution in [0.3, 0.4) is 0 Å². The lowest BCUT2D eigenvalue weighted by Crippen LogP contribution is -2.31. The zero-order valence-corrected chi connectivity index (χ0v) is 14.5. The predicted octanol–water partition coefficient (Wildman–Crippen LogP) is 4.90. The Morgan fingerprint density at radius 2 is 1.92 bits per heavy atom. The van der Waals surface area contributed by atoms with E-state index in [0.29, 0.717) is 5.92 Å². The zero-order valence-electron chi connectivity index (χ0n) is 14.5. The molecule has 0 bridgehead atoms. The highest BCUT2D eigenvalue weighted by Gasteiger charge is 2.21. The highest BCUT2D eigenvalue weighted by molar-refractivity contribution is 6.09. The molecule has 0 atom stereocenters. The fourth-order valence-electron chi connectivity index (χ4n) is 3.30. The number of benzene rings is 1. The molecule has 3 heterocycles. The van der Waals surface area contributed by atoms with Crippen LogP contribution in [0.15, 0.2) is 53.3 Å². The molecule has 3 nitrogen and oxygen atoms in total. The summed E-state index contributed by atoms with van der Waals surface area (Å²) in [6.07, 6.45) is 5.74. The zero-order chi connectivity index (χ0) is 16.8. The topological polar surface area (TPSA) is 29.9 Å². The maximum absolute atomic E-state index is 6.20. The van der Waals surface area contributed by atoms with Crippen molar-refractivity contribution in [3.8, 4) is 11.3 Å². The minimum Gasteiger partial charge on any atom is -0.454 e. The average molecular weight is 317 g/mol. The first-order valence-electron chi connectivity index (χ1n) is 8.32. The summed E-state index contributed by atoms with van der Waals surface area (Å²) in [4.78, 5) is 4.19. The minimum atomic E-state index is 0.490. The van der Waals surface area contributed by atoms with Crippen molar-refractivity contribution in [2.75, 3.05) is 0 Å². The molecule has 1 aromatic carbocycles. The Bertz CT molecular complexity index is 1060. The Morgan fingerprint density at radius 1 is 1.08 bits per heavy atom. The summed E-state index contributed by atoms with van der Waals surface area (Å²) >= 11 is 0. The number of nitrogens with zero attached hydrogens (tertiary/aromatic N) is 2. The van der Waals surface area contributed by atoms with Crippen molar-refractivity contribution in [2.45, 2.75) is 26.7 Å². The molecule has 3 aromatic heterocycles. The third-order valence-corrected chi connectivity index (χ3v) is 4.75. The van der Waals surface area contributed by atoms with Crippen molar-refractivity contribution in [3.63, 3.8) is 0 Å². The van der Waals surface area contributed by atoms with Gasteiger partial charge in [0.05, 0.1) is 11.8 Å². The van der Waals surface area contributed by atoms with E-state index in [1.54, 1.807) is 6.20 Å². The summed E-state index contributed by atoms with van der Waals surface area (Å²) in [6, 6.07) is 10.8. The normalized spacial score (nSPS) is 11.7. The third-order valence-electron chi connectivity index (χ3n) is 4.75. The standard InChI is InChI=1S/C21H21N2O/c1-13(2)15-8-10-23(4)18(11-15)20-14(3)5-6-17-16-7-9-22-12-19(16)24-21(17)20/h5-13H,1-4H3/q+1. The number of hydrogen-bond donors (Lipinski definition) is 0. The molecule has 120 valence electrons. The van der Waals surface area contributed by atoms with Crippen LogP contribution in [0.25, 0.3) is 33.2 Å². The van der Waals surface area contributed by atoms with Crippen molar-refractivity contribution < 1.29 is 8.98 Å². The van der Waals surface area contributed by atoms with Crippen molar-refractivity contribution >= 4 is 21.9 Å². The Labute approximate surface area is 141 Å². The lowest BCUT2D eigenvalue weighted by Gasteiger charge is -2.09. The van der Waals surface area contributed by atoms with E-state index in [-0.39, 0.29) is 0 Å². The van der Waals surface area contributed by atoms with Gasteiger partial charge in [-0.15, -0.1) is 0 Å². The second-order valence-corrected chi connectivity index (χ2v) is 6.72. The molecular weight excluding hydrogens is 296 g/mol. The Balaban J connectivity index is 2.10. The van der Waals surface area contributed by atoms with Gasteiger partial charge in [0.25, 0.3) is 0 Å². The van der Waals surface area contributed by atoms with Crippen LogP contribution in [0.5, 0.6) is 0 Å². The van der Waals surface area contributed by atoms with Gasteiger partial charge < -0.3 is 4.42 Å². The Kier molecular flexibility index (Phi) is 3.38. The molecule has 0 aliphatic carbocycles. The SMILES string of the molecule is Cc1ccc2c(oc3cnccc32)c1-c1cc(C(C)C)cc[n+]1C. The van der Waals surface area contributed by atoms with Crippen LogP contribution in [0.1, 0.15) is 30.9 Å². The largest absolute Gasteiger partial charge is 0.454 e. The van der Waals surface area contributed by atoms with Gasteiger partial charge >= 0.3 is 0 Å². The first-order valence-corrected chi connectivity index (χ1v) is 8.32. The molecule has 0 amide bonds. The van der Waals surface area contributed by atoms with E-state index >= 15 is 0 Å². The molecule has 0 saturated carbocycles. The van der Waals surface area contributed by atoms with Crippen LogP contribution in [-0.4, -0.2) is 4.98 Å². The van der Waals surface area contributed by atoms with Gasteiger partial charge in [0.15, 0.2) is 11.8 Å². The molecule has 0 radical (unpaired) electrons.